The number of hydrogen-bond donors (Lipinski definition) is 1. The van der Waals surface area contributed by atoms with Gasteiger partial charge in [-0.15, -0.1) is 11.6 Å². The first-order valence-electron chi connectivity index (χ1n) is 5.89. The molecule has 100 valence electrons. The molecule has 0 aliphatic carbocycles. The second-order valence-electron chi connectivity index (χ2n) is 5.00. The monoisotopic (exact) mass is 269 g/mol. The van der Waals surface area contributed by atoms with Crippen molar-refractivity contribution in [3.8, 4) is 5.75 Å². The highest BCUT2D eigenvalue weighted by Crippen LogP contribution is 2.22. The normalized spacial score (nSPS) is 13.0. The van der Waals surface area contributed by atoms with Gasteiger partial charge in [-0.05, 0) is 39.8 Å². The van der Waals surface area contributed by atoms with Gasteiger partial charge in [-0.3, -0.25) is 4.79 Å². The van der Waals surface area contributed by atoms with Gasteiger partial charge in [0.1, 0.15) is 5.75 Å². The molecular formula is C14H20ClNO2. The number of nitrogens with one attached hydrogen (secondary N) is 1. The molecule has 0 bridgehead atoms. The molecule has 1 amide bonds. The van der Waals surface area contributed by atoms with Crippen LogP contribution in [0.1, 0.15) is 36.7 Å². The Balaban J connectivity index is 3.01. The Hall–Kier alpha value is -1.22. The van der Waals surface area contributed by atoms with Crippen molar-refractivity contribution in [3.05, 3.63) is 29.3 Å². The maximum absolute atomic E-state index is 12.2. The van der Waals surface area contributed by atoms with E-state index in [-0.39, 0.29) is 11.3 Å². The van der Waals surface area contributed by atoms with Gasteiger partial charge in [-0.25, -0.2) is 0 Å². The zero-order valence-corrected chi connectivity index (χ0v) is 12.3. The zero-order chi connectivity index (χ0) is 13.9. The van der Waals surface area contributed by atoms with Crippen molar-refractivity contribution >= 4 is 17.5 Å². The number of alkyl halides is 1. The van der Waals surface area contributed by atoms with Crippen LogP contribution in [0, 0.1) is 6.92 Å². The van der Waals surface area contributed by atoms with E-state index in [1.807, 2.05) is 39.8 Å². The molecule has 1 aromatic carbocycles. The lowest BCUT2D eigenvalue weighted by atomic mass is 10.00. The minimum Gasteiger partial charge on any atom is -0.496 e. The van der Waals surface area contributed by atoms with Crippen molar-refractivity contribution in [1.82, 2.24) is 5.32 Å². The van der Waals surface area contributed by atoms with Crippen molar-refractivity contribution in [3.63, 3.8) is 0 Å². The number of amides is 1. The number of carbonyl (C=O) groups excluding carboxylic acids is 1. The number of halogens is 1. The average Bonchev–Trinajstić information content (AvgIpc) is 2.28. The molecule has 1 N–H and O–H groups in total. The zero-order valence-electron chi connectivity index (χ0n) is 11.5. The van der Waals surface area contributed by atoms with Crippen LogP contribution in [0.15, 0.2) is 18.2 Å². The van der Waals surface area contributed by atoms with E-state index in [4.69, 9.17) is 16.3 Å². The van der Waals surface area contributed by atoms with E-state index in [0.29, 0.717) is 11.3 Å². The van der Waals surface area contributed by atoms with Crippen molar-refractivity contribution in [2.75, 3.05) is 7.11 Å². The molecule has 0 saturated carbocycles. The Labute approximate surface area is 113 Å². The number of carbonyl (C=O) groups is 1. The molecule has 0 spiro atoms. The number of rotatable bonds is 4. The molecule has 1 atom stereocenters. The second kappa shape index (κ2) is 5.61. The van der Waals surface area contributed by atoms with E-state index in [9.17, 15) is 4.79 Å². The summed E-state index contributed by atoms with van der Waals surface area (Å²) in [7, 11) is 1.55. The number of ether oxygens (including phenoxy) is 1. The molecule has 1 rings (SSSR count). The van der Waals surface area contributed by atoms with Crippen LogP contribution in [0.5, 0.6) is 5.75 Å². The number of aryl methyl sites for hydroxylation is 1. The minimum absolute atomic E-state index is 0.169. The predicted molar refractivity (Wildman–Crippen MR) is 74.6 cm³/mol. The van der Waals surface area contributed by atoms with Crippen molar-refractivity contribution in [2.45, 2.75) is 38.6 Å². The third-order valence-electron chi connectivity index (χ3n) is 3.03. The fourth-order valence-electron chi connectivity index (χ4n) is 1.46. The van der Waals surface area contributed by atoms with Crippen LogP contribution in [0.25, 0.3) is 0 Å². The maximum Gasteiger partial charge on any atom is 0.255 e. The van der Waals surface area contributed by atoms with Crippen LogP contribution < -0.4 is 10.1 Å². The molecule has 18 heavy (non-hydrogen) atoms. The largest absolute Gasteiger partial charge is 0.496 e. The quantitative estimate of drug-likeness (QED) is 0.853. The molecule has 0 aliphatic rings. The Morgan fingerprint density at radius 3 is 2.56 bits per heavy atom. The second-order valence-corrected chi connectivity index (χ2v) is 5.65. The summed E-state index contributed by atoms with van der Waals surface area (Å²) in [4.78, 5) is 12.2. The van der Waals surface area contributed by atoms with Gasteiger partial charge in [0.15, 0.2) is 0 Å². The van der Waals surface area contributed by atoms with E-state index in [1.165, 1.54) is 0 Å². The van der Waals surface area contributed by atoms with Gasteiger partial charge in [0, 0.05) is 0 Å². The van der Waals surface area contributed by atoms with Crippen molar-refractivity contribution in [1.29, 1.82) is 0 Å². The summed E-state index contributed by atoms with van der Waals surface area (Å²) in [5, 5.41) is 2.75. The van der Waals surface area contributed by atoms with Crippen LogP contribution >= 0.6 is 11.6 Å². The van der Waals surface area contributed by atoms with E-state index >= 15 is 0 Å². The molecule has 1 unspecified atom stereocenters. The number of methoxy groups -OCH3 is 1. The molecule has 1 aromatic rings. The van der Waals surface area contributed by atoms with Crippen LogP contribution in [-0.4, -0.2) is 23.9 Å². The Morgan fingerprint density at radius 2 is 2.06 bits per heavy atom. The summed E-state index contributed by atoms with van der Waals surface area (Å²) in [5.74, 6) is 0.393. The van der Waals surface area contributed by atoms with E-state index in [0.717, 1.165) is 5.56 Å². The van der Waals surface area contributed by atoms with Crippen LogP contribution in [-0.2, 0) is 0 Å². The molecular weight excluding hydrogens is 250 g/mol. The molecule has 0 aliphatic heterocycles. The molecule has 4 heteroatoms. The summed E-state index contributed by atoms with van der Waals surface area (Å²) < 4.78 is 5.20. The Morgan fingerprint density at radius 1 is 1.44 bits per heavy atom. The van der Waals surface area contributed by atoms with Crippen molar-refractivity contribution < 1.29 is 9.53 Å². The first-order chi connectivity index (χ1) is 8.27. The van der Waals surface area contributed by atoms with Gasteiger partial charge in [0.25, 0.3) is 5.91 Å². The van der Waals surface area contributed by atoms with Crippen LogP contribution in [0.4, 0.5) is 0 Å². The summed E-state index contributed by atoms with van der Waals surface area (Å²) in [5.41, 5.74) is 1.06. The smallest absolute Gasteiger partial charge is 0.255 e. The highest BCUT2D eigenvalue weighted by Gasteiger charge is 2.27. The molecule has 0 radical (unpaired) electrons. The van der Waals surface area contributed by atoms with Gasteiger partial charge >= 0.3 is 0 Å². The number of benzene rings is 1. The minimum atomic E-state index is -0.479. The lowest BCUT2D eigenvalue weighted by Gasteiger charge is -2.29. The van der Waals surface area contributed by atoms with Crippen LogP contribution in [0.3, 0.4) is 0 Å². The van der Waals surface area contributed by atoms with Crippen LogP contribution in [0.2, 0.25) is 0 Å². The molecule has 0 aromatic heterocycles. The van der Waals surface area contributed by atoms with E-state index < -0.39 is 5.54 Å². The van der Waals surface area contributed by atoms with Gasteiger partial charge < -0.3 is 10.1 Å². The molecule has 3 nitrogen and oxygen atoms in total. The van der Waals surface area contributed by atoms with Gasteiger partial charge in [-0.2, -0.15) is 0 Å². The summed E-state index contributed by atoms with van der Waals surface area (Å²) in [6.07, 6.45) is 0. The average molecular weight is 270 g/mol. The molecule has 0 fully saturated rings. The Bertz CT molecular complexity index is 441. The summed E-state index contributed by atoms with van der Waals surface area (Å²) in [6.45, 7) is 7.58. The topological polar surface area (TPSA) is 38.3 Å². The van der Waals surface area contributed by atoms with Crippen molar-refractivity contribution in [2.24, 2.45) is 0 Å². The third kappa shape index (κ3) is 3.39. The number of hydrogen-bond acceptors (Lipinski definition) is 2. The maximum atomic E-state index is 12.2. The summed E-state index contributed by atoms with van der Waals surface area (Å²) in [6, 6.07) is 5.51. The van der Waals surface area contributed by atoms with Gasteiger partial charge in [0.05, 0.1) is 23.6 Å². The lowest BCUT2D eigenvalue weighted by molar-refractivity contribution is 0.0909. The fraction of sp³-hybridized carbons (Fsp3) is 0.500. The summed E-state index contributed by atoms with van der Waals surface area (Å²) >= 11 is 6.06. The highest BCUT2D eigenvalue weighted by atomic mass is 35.5. The Kier molecular flexibility index (Phi) is 4.63. The van der Waals surface area contributed by atoms with Gasteiger partial charge in [-0.1, -0.05) is 11.6 Å². The SMILES string of the molecule is COc1ccc(C)cc1C(=O)NC(C)(C)C(C)Cl. The highest BCUT2D eigenvalue weighted by molar-refractivity contribution is 6.21. The lowest BCUT2D eigenvalue weighted by Crippen LogP contribution is -2.49. The third-order valence-corrected chi connectivity index (χ3v) is 3.58. The van der Waals surface area contributed by atoms with E-state index in [1.54, 1.807) is 13.2 Å². The molecule has 0 saturated heterocycles. The fourth-order valence-corrected chi connectivity index (χ4v) is 1.51. The first kappa shape index (κ1) is 14.8. The van der Waals surface area contributed by atoms with Gasteiger partial charge in [0.2, 0.25) is 0 Å². The predicted octanol–water partition coefficient (Wildman–Crippen LogP) is 3.14. The standard InChI is InChI=1S/C14H20ClNO2/c1-9-6-7-12(18-5)11(8-9)13(17)16-14(3,4)10(2)15/h6-8,10H,1-5H3,(H,16,17). The van der Waals surface area contributed by atoms with E-state index in [2.05, 4.69) is 5.32 Å². The first-order valence-corrected chi connectivity index (χ1v) is 6.33. The molecule has 0 heterocycles.